The molecule has 1 nitrogen and oxygen atoms in total. The van der Waals surface area contributed by atoms with Crippen LogP contribution in [0, 0.1) is 5.82 Å². The van der Waals surface area contributed by atoms with E-state index in [0.717, 1.165) is 18.6 Å². The van der Waals surface area contributed by atoms with E-state index >= 15 is 0 Å². The van der Waals surface area contributed by atoms with E-state index in [1.54, 1.807) is 23.5 Å². The maximum atomic E-state index is 14.0. The van der Waals surface area contributed by atoms with Crippen molar-refractivity contribution in [1.29, 1.82) is 0 Å². The summed E-state index contributed by atoms with van der Waals surface area (Å²) in [4.78, 5) is 2.18. The molecule has 108 valence electrons. The van der Waals surface area contributed by atoms with Crippen LogP contribution in [0.15, 0.2) is 52.3 Å². The lowest BCUT2D eigenvalue weighted by Gasteiger charge is -2.18. The van der Waals surface area contributed by atoms with Crippen LogP contribution < -0.4 is 5.32 Å². The summed E-state index contributed by atoms with van der Waals surface area (Å²) in [5.41, 5.74) is 0.465. The standard InChI is InChI=1S/C15H10BrClFNS2/c16-9-3-4-10(18)11(8-9)19-15(12-2-1-7-20-12)13-5-6-14(17)21-13/h1-8,15,19H. The van der Waals surface area contributed by atoms with Crippen molar-refractivity contribution in [3.63, 3.8) is 0 Å². The highest BCUT2D eigenvalue weighted by molar-refractivity contribution is 9.10. The highest BCUT2D eigenvalue weighted by Gasteiger charge is 2.18. The zero-order valence-electron chi connectivity index (χ0n) is 10.6. The lowest BCUT2D eigenvalue weighted by molar-refractivity contribution is 0.628. The molecule has 0 aliphatic rings. The van der Waals surface area contributed by atoms with Gasteiger partial charge < -0.3 is 5.32 Å². The van der Waals surface area contributed by atoms with Gasteiger partial charge in [0.05, 0.1) is 16.1 Å². The van der Waals surface area contributed by atoms with Crippen molar-refractivity contribution in [2.24, 2.45) is 0 Å². The molecule has 0 aliphatic heterocycles. The van der Waals surface area contributed by atoms with Crippen molar-refractivity contribution in [2.75, 3.05) is 5.32 Å². The topological polar surface area (TPSA) is 12.0 Å². The van der Waals surface area contributed by atoms with E-state index in [1.165, 1.54) is 17.4 Å². The molecule has 0 amide bonds. The van der Waals surface area contributed by atoms with E-state index in [9.17, 15) is 4.39 Å². The van der Waals surface area contributed by atoms with Gasteiger partial charge in [0.15, 0.2) is 0 Å². The molecule has 3 aromatic rings. The zero-order chi connectivity index (χ0) is 14.8. The van der Waals surface area contributed by atoms with Crippen molar-refractivity contribution in [3.05, 3.63) is 72.2 Å². The number of hydrogen-bond donors (Lipinski definition) is 1. The number of halogens is 3. The minimum atomic E-state index is -0.276. The molecule has 0 saturated heterocycles. The molecule has 0 radical (unpaired) electrons. The van der Waals surface area contributed by atoms with E-state index in [0.29, 0.717) is 5.69 Å². The summed E-state index contributed by atoms with van der Waals surface area (Å²) in [6.45, 7) is 0. The molecule has 1 N–H and O–H groups in total. The van der Waals surface area contributed by atoms with Gasteiger partial charge in [-0.25, -0.2) is 4.39 Å². The first-order valence-corrected chi connectivity index (χ1v) is 9.00. The number of rotatable bonds is 4. The van der Waals surface area contributed by atoms with E-state index < -0.39 is 0 Å². The molecule has 6 heteroatoms. The maximum absolute atomic E-state index is 14.0. The summed E-state index contributed by atoms with van der Waals surface area (Å²) in [6.07, 6.45) is 0. The fourth-order valence-corrected chi connectivity index (χ4v) is 4.35. The summed E-state index contributed by atoms with van der Waals surface area (Å²) >= 11 is 12.5. The van der Waals surface area contributed by atoms with Crippen LogP contribution in [0.4, 0.5) is 10.1 Å². The summed E-state index contributed by atoms with van der Waals surface area (Å²) in [5.74, 6) is -0.276. The van der Waals surface area contributed by atoms with E-state index in [4.69, 9.17) is 11.6 Å². The van der Waals surface area contributed by atoms with Gasteiger partial charge in [-0.15, -0.1) is 22.7 Å². The number of thiophene rings is 2. The molecule has 2 aromatic heterocycles. The van der Waals surface area contributed by atoms with Crippen LogP contribution in [0.25, 0.3) is 0 Å². The molecule has 1 aromatic carbocycles. The first kappa shape index (κ1) is 15.0. The van der Waals surface area contributed by atoms with E-state index in [1.807, 2.05) is 29.6 Å². The van der Waals surface area contributed by atoms with Gasteiger partial charge in [-0.3, -0.25) is 0 Å². The largest absolute Gasteiger partial charge is 0.370 e. The second kappa shape index (κ2) is 6.48. The summed E-state index contributed by atoms with van der Waals surface area (Å²) in [7, 11) is 0. The van der Waals surface area contributed by atoms with Crippen LogP contribution in [-0.2, 0) is 0 Å². The van der Waals surface area contributed by atoms with Crippen LogP contribution >= 0.6 is 50.2 Å². The Morgan fingerprint density at radius 1 is 1.14 bits per heavy atom. The van der Waals surface area contributed by atoms with E-state index in [2.05, 4.69) is 21.2 Å². The predicted octanol–water partition coefficient (Wildman–Crippen LogP) is 6.57. The van der Waals surface area contributed by atoms with Gasteiger partial charge in [-0.05, 0) is 41.8 Å². The van der Waals surface area contributed by atoms with Gasteiger partial charge >= 0.3 is 0 Å². The Hall–Kier alpha value is -0.880. The smallest absolute Gasteiger partial charge is 0.146 e. The molecule has 0 spiro atoms. The van der Waals surface area contributed by atoms with Gasteiger partial charge in [-0.1, -0.05) is 33.6 Å². The molecule has 0 aliphatic carbocycles. The molecule has 0 fully saturated rings. The Balaban J connectivity index is 1.98. The predicted molar refractivity (Wildman–Crippen MR) is 93.2 cm³/mol. The molecule has 1 atom stereocenters. The second-order valence-electron chi connectivity index (χ2n) is 4.36. The van der Waals surface area contributed by atoms with Crippen molar-refractivity contribution in [2.45, 2.75) is 6.04 Å². The van der Waals surface area contributed by atoms with Crippen LogP contribution in [0.1, 0.15) is 15.8 Å². The molecule has 0 saturated carbocycles. The molecule has 21 heavy (non-hydrogen) atoms. The number of anilines is 1. The third kappa shape index (κ3) is 3.48. The van der Waals surface area contributed by atoms with Crippen LogP contribution in [0.2, 0.25) is 4.34 Å². The molecule has 0 bridgehead atoms. The third-order valence-corrected chi connectivity index (χ3v) is 5.66. The van der Waals surface area contributed by atoms with Crippen molar-refractivity contribution < 1.29 is 4.39 Å². The molecular weight excluding hydrogens is 393 g/mol. The Labute approximate surface area is 143 Å². The second-order valence-corrected chi connectivity index (χ2v) is 8.00. The van der Waals surface area contributed by atoms with Crippen molar-refractivity contribution in [1.82, 2.24) is 0 Å². The maximum Gasteiger partial charge on any atom is 0.146 e. The lowest BCUT2D eigenvalue weighted by atomic mass is 10.2. The minimum Gasteiger partial charge on any atom is -0.370 e. The summed E-state index contributed by atoms with van der Waals surface area (Å²) < 4.78 is 15.5. The fraction of sp³-hybridized carbons (Fsp3) is 0.0667. The Morgan fingerprint density at radius 2 is 2.00 bits per heavy atom. The fourth-order valence-electron chi connectivity index (χ4n) is 1.99. The summed E-state index contributed by atoms with van der Waals surface area (Å²) in [5, 5.41) is 5.29. The van der Waals surface area contributed by atoms with Gasteiger partial charge in [-0.2, -0.15) is 0 Å². The van der Waals surface area contributed by atoms with Crippen LogP contribution in [-0.4, -0.2) is 0 Å². The molecule has 3 rings (SSSR count). The van der Waals surface area contributed by atoms with Gasteiger partial charge in [0, 0.05) is 14.2 Å². The zero-order valence-corrected chi connectivity index (χ0v) is 14.6. The van der Waals surface area contributed by atoms with E-state index in [-0.39, 0.29) is 11.9 Å². The highest BCUT2D eigenvalue weighted by atomic mass is 79.9. The first-order valence-electron chi connectivity index (χ1n) is 6.14. The SMILES string of the molecule is Fc1ccc(Br)cc1NC(c1cccs1)c1ccc(Cl)s1. The molecular formula is C15H10BrClFNS2. The lowest BCUT2D eigenvalue weighted by Crippen LogP contribution is -2.10. The average molecular weight is 403 g/mol. The number of nitrogens with one attached hydrogen (secondary N) is 1. The van der Waals surface area contributed by atoms with Gasteiger partial charge in [0.1, 0.15) is 5.82 Å². The van der Waals surface area contributed by atoms with Gasteiger partial charge in [0.25, 0.3) is 0 Å². The normalized spacial score (nSPS) is 12.3. The molecule has 2 heterocycles. The Morgan fingerprint density at radius 3 is 2.67 bits per heavy atom. The minimum absolute atomic E-state index is 0.105. The number of hydrogen-bond acceptors (Lipinski definition) is 3. The van der Waals surface area contributed by atoms with Crippen molar-refractivity contribution in [3.8, 4) is 0 Å². The Kier molecular flexibility index (Phi) is 4.64. The van der Waals surface area contributed by atoms with Crippen LogP contribution in [0.5, 0.6) is 0 Å². The van der Waals surface area contributed by atoms with Crippen LogP contribution in [0.3, 0.4) is 0 Å². The monoisotopic (exact) mass is 401 g/mol. The quantitative estimate of drug-likeness (QED) is 0.520. The first-order chi connectivity index (χ1) is 10.1. The summed E-state index contributed by atoms with van der Waals surface area (Å²) in [6, 6.07) is 12.6. The Bertz CT molecular complexity index is 742. The third-order valence-electron chi connectivity index (χ3n) is 2.93. The number of benzene rings is 1. The average Bonchev–Trinajstić information content (AvgIpc) is 3.11. The van der Waals surface area contributed by atoms with Crippen molar-refractivity contribution >= 4 is 55.9 Å². The molecule has 1 unspecified atom stereocenters. The highest BCUT2D eigenvalue weighted by Crippen LogP contribution is 2.36. The van der Waals surface area contributed by atoms with Gasteiger partial charge in [0.2, 0.25) is 0 Å².